The van der Waals surface area contributed by atoms with Gasteiger partial charge in [0, 0.05) is 18.8 Å². The maximum Gasteiger partial charge on any atom is 0.115 e. The van der Waals surface area contributed by atoms with Crippen molar-refractivity contribution in [1.82, 2.24) is 10.6 Å². The highest BCUT2D eigenvalue weighted by Crippen LogP contribution is 1.91. The van der Waals surface area contributed by atoms with Crippen molar-refractivity contribution >= 4 is 0 Å². The van der Waals surface area contributed by atoms with Crippen molar-refractivity contribution in [1.29, 1.82) is 0 Å². The predicted octanol–water partition coefficient (Wildman–Crippen LogP) is -0.673. The number of rotatable bonds is 0. The molecule has 1 aliphatic heterocycles. The second-order valence-electron chi connectivity index (χ2n) is 1.89. The van der Waals surface area contributed by atoms with Crippen LogP contribution >= 0.6 is 0 Å². The first-order valence-corrected chi connectivity index (χ1v) is 2.75. The molecule has 0 aliphatic carbocycles. The lowest BCUT2D eigenvalue weighted by Gasteiger charge is -2.17. The number of allylic oxidation sites excluding steroid dienone is 1. The Morgan fingerprint density at radius 1 is 1.38 bits per heavy atom. The quantitative estimate of drug-likeness (QED) is 0.390. The van der Waals surface area contributed by atoms with Crippen LogP contribution in [0.25, 0.3) is 0 Å². The summed E-state index contributed by atoms with van der Waals surface area (Å²) in [5.41, 5.74) is 6.54. The Morgan fingerprint density at radius 3 is 2.38 bits per heavy atom. The zero-order valence-corrected chi connectivity index (χ0v) is 4.99. The Hall–Kier alpha value is -0.860. The number of hydrogen-bond acceptors (Lipinski definition) is 3. The fraction of sp³-hybridized carbons (Fsp3) is 0.600. The molecular formula is C5H11N3. The van der Waals surface area contributed by atoms with Crippen LogP contribution in [0.15, 0.2) is 11.5 Å². The summed E-state index contributed by atoms with van der Waals surface area (Å²) in [5, 5.41) is 6.15. The molecule has 0 radical (unpaired) electrons. The maximum atomic E-state index is 5.48. The summed E-state index contributed by atoms with van der Waals surface area (Å²) in [5.74, 6) is 0.774. The van der Waals surface area contributed by atoms with Crippen molar-refractivity contribution in [3.8, 4) is 0 Å². The van der Waals surface area contributed by atoms with E-state index in [1.54, 1.807) is 0 Å². The fourth-order valence-corrected chi connectivity index (χ4v) is 0.675. The molecule has 0 spiro atoms. The van der Waals surface area contributed by atoms with Gasteiger partial charge in [-0.05, 0) is 6.92 Å². The number of nitrogens with one attached hydrogen (secondary N) is 2. The molecule has 8 heavy (non-hydrogen) atoms. The van der Waals surface area contributed by atoms with Gasteiger partial charge in [0.15, 0.2) is 0 Å². The third kappa shape index (κ3) is 0.857. The molecule has 0 aromatic rings. The average Bonchev–Trinajstić information content (AvgIpc) is 1.77. The van der Waals surface area contributed by atoms with E-state index in [1.165, 1.54) is 0 Å². The van der Waals surface area contributed by atoms with Crippen LogP contribution in [0.2, 0.25) is 0 Å². The van der Waals surface area contributed by atoms with Gasteiger partial charge in [-0.25, -0.2) is 0 Å². The smallest absolute Gasteiger partial charge is 0.115 e. The van der Waals surface area contributed by atoms with Gasteiger partial charge < -0.3 is 16.4 Å². The molecule has 1 rings (SSSR count). The van der Waals surface area contributed by atoms with Crippen LogP contribution in [0.4, 0.5) is 0 Å². The Kier molecular flexibility index (Phi) is 1.28. The molecule has 0 saturated heterocycles. The fourth-order valence-electron chi connectivity index (χ4n) is 0.675. The lowest BCUT2D eigenvalue weighted by Crippen LogP contribution is -2.37. The Balaban J connectivity index is 2.60. The van der Waals surface area contributed by atoms with E-state index in [-0.39, 0.29) is 0 Å². The first-order chi connectivity index (χ1) is 3.80. The summed E-state index contributed by atoms with van der Waals surface area (Å²) in [7, 11) is 0. The molecule has 0 fully saturated rings. The van der Waals surface area contributed by atoms with Crippen LogP contribution < -0.4 is 16.4 Å². The van der Waals surface area contributed by atoms with Crippen LogP contribution in [0, 0.1) is 0 Å². The van der Waals surface area contributed by atoms with Gasteiger partial charge in [-0.2, -0.15) is 0 Å². The molecule has 0 saturated carbocycles. The van der Waals surface area contributed by atoms with E-state index in [4.69, 9.17) is 5.73 Å². The predicted molar refractivity (Wildman–Crippen MR) is 32.9 cm³/mol. The third-order valence-corrected chi connectivity index (χ3v) is 1.23. The Morgan fingerprint density at radius 2 is 2.00 bits per heavy atom. The van der Waals surface area contributed by atoms with E-state index in [2.05, 4.69) is 10.6 Å². The van der Waals surface area contributed by atoms with Gasteiger partial charge in [-0.3, -0.25) is 0 Å². The summed E-state index contributed by atoms with van der Waals surface area (Å²) in [4.78, 5) is 0. The summed E-state index contributed by atoms with van der Waals surface area (Å²) >= 11 is 0. The third-order valence-electron chi connectivity index (χ3n) is 1.23. The van der Waals surface area contributed by atoms with Crippen LogP contribution in [0.1, 0.15) is 6.92 Å². The molecule has 3 heteroatoms. The minimum absolute atomic E-state index is 0.774. The van der Waals surface area contributed by atoms with E-state index < -0.39 is 0 Å². The van der Waals surface area contributed by atoms with Crippen molar-refractivity contribution in [2.45, 2.75) is 6.92 Å². The Labute approximate surface area is 48.9 Å². The second-order valence-corrected chi connectivity index (χ2v) is 1.89. The first-order valence-electron chi connectivity index (χ1n) is 2.75. The molecular weight excluding hydrogens is 102 g/mol. The van der Waals surface area contributed by atoms with Crippen molar-refractivity contribution in [3.05, 3.63) is 11.5 Å². The average molecular weight is 113 g/mol. The normalized spacial score (nSPS) is 19.6. The van der Waals surface area contributed by atoms with Crippen molar-refractivity contribution in [3.63, 3.8) is 0 Å². The van der Waals surface area contributed by atoms with Gasteiger partial charge in [0.2, 0.25) is 0 Å². The highest BCUT2D eigenvalue weighted by molar-refractivity contribution is 5.07. The topological polar surface area (TPSA) is 50.1 Å². The highest BCUT2D eigenvalue weighted by Gasteiger charge is 2.00. The second kappa shape index (κ2) is 1.94. The largest absolute Gasteiger partial charge is 0.384 e. The van der Waals surface area contributed by atoms with Crippen LogP contribution in [0.5, 0.6) is 0 Å². The lowest BCUT2D eigenvalue weighted by molar-refractivity contribution is 0.643. The highest BCUT2D eigenvalue weighted by atomic mass is 15.1. The van der Waals surface area contributed by atoms with E-state index >= 15 is 0 Å². The minimum atomic E-state index is 0.774. The molecule has 0 aromatic carbocycles. The summed E-state index contributed by atoms with van der Waals surface area (Å²) in [6.07, 6.45) is 0. The van der Waals surface area contributed by atoms with Crippen LogP contribution in [-0.2, 0) is 0 Å². The van der Waals surface area contributed by atoms with Crippen molar-refractivity contribution in [2.24, 2.45) is 5.73 Å². The van der Waals surface area contributed by atoms with E-state index in [1.807, 2.05) is 6.92 Å². The zero-order chi connectivity index (χ0) is 5.98. The van der Waals surface area contributed by atoms with Gasteiger partial charge >= 0.3 is 0 Å². The molecule has 0 amide bonds. The van der Waals surface area contributed by atoms with E-state index in [0.29, 0.717) is 0 Å². The van der Waals surface area contributed by atoms with E-state index in [0.717, 1.165) is 24.6 Å². The summed E-state index contributed by atoms with van der Waals surface area (Å²) < 4.78 is 0. The van der Waals surface area contributed by atoms with Crippen LogP contribution in [0.3, 0.4) is 0 Å². The minimum Gasteiger partial charge on any atom is -0.384 e. The van der Waals surface area contributed by atoms with Gasteiger partial charge in [0.25, 0.3) is 0 Å². The van der Waals surface area contributed by atoms with E-state index in [9.17, 15) is 0 Å². The van der Waals surface area contributed by atoms with Gasteiger partial charge in [-0.1, -0.05) is 0 Å². The Bertz CT molecular complexity index is 103. The molecule has 0 aromatic heterocycles. The molecule has 3 nitrogen and oxygen atoms in total. The van der Waals surface area contributed by atoms with Crippen molar-refractivity contribution in [2.75, 3.05) is 13.1 Å². The SMILES string of the molecule is CC1=C(N)NCCN1. The molecule has 1 aliphatic rings. The monoisotopic (exact) mass is 113 g/mol. The molecule has 0 bridgehead atoms. The van der Waals surface area contributed by atoms with Gasteiger partial charge in [-0.15, -0.1) is 0 Å². The number of hydrogen-bond donors (Lipinski definition) is 3. The van der Waals surface area contributed by atoms with Gasteiger partial charge in [0.1, 0.15) is 5.82 Å². The van der Waals surface area contributed by atoms with Crippen molar-refractivity contribution < 1.29 is 0 Å². The van der Waals surface area contributed by atoms with Gasteiger partial charge in [0.05, 0.1) is 0 Å². The molecule has 4 N–H and O–H groups in total. The summed E-state index contributed by atoms with van der Waals surface area (Å²) in [6.45, 7) is 3.87. The molecule has 0 atom stereocenters. The summed E-state index contributed by atoms with van der Waals surface area (Å²) in [6, 6.07) is 0. The molecule has 0 unspecified atom stereocenters. The maximum absolute atomic E-state index is 5.48. The van der Waals surface area contributed by atoms with Crippen LogP contribution in [-0.4, -0.2) is 13.1 Å². The standard InChI is InChI=1S/C5H11N3/c1-4-5(6)8-3-2-7-4/h7-8H,2-3,6H2,1H3. The molecule has 1 heterocycles. The lowest BCUT2D eigenvalue weighted by atomic mass is 10.4. The number of nitrogens with two attached hydrogens (primary N) is 1. The molecule has 46 valence electrons. The first kappa shape index (κ1) is 5.28. The zero-order valence-electron chi connectivity index (χ0n) is 4.99.